The molecule has 0 aliphatic heterocycles. The molecule has 0 aromatic rings. The van der Waals surface area contributed by atoms with Crippen LogP contribution in [0, 0.1) is 0 Å². The molecule has 0 N–H and O–H groups in total. The molecule has 1 nitrogen and oxygen atoms in total. The minimum absolute atomic E-state index is 0.142. The fraction of sp³-hybridized carbons (Fsp3) is 0.667. The number of thioether (sulfide) groups is 1. The predicted octanol–water partition coefficient (Wildman–Crippen LogP) is 1.02. The van der Waals surface area contributed by atoms with Crippen LogP contribution in [0.5, 0.6) is 0 Å². The van der Waals surface area contributed by atoms with E-state index in [0.717, 1.165) is 18.6 Å². The van der Waals surface area contributed by atoms with Crippen LogP contribution in [-0.4, -0.2) is 31.4 Å². The number of carbonyl (C=O) groups is 1. The SMILES string of the molecule is CCCCSC(=O)C=[Se]. The van der Waals surface area contributed by atoms with Gasteiger partial charge in [-0.25, -0.2) is 0 Å². The van der Waals surface area contributed by atoms with Gasteiger partial charge in [-0.2, -0.15) is 0 Å². The molecule has 52 valence electrons. The summed E-state index contributed by atoms with van der Waals surface area (Å²) in [6.07, 6.45) is 2.29. The maximum atomic E-state index is 10.6. The fourth-order valence-corrected chi connectivity index (χ4v) is 1.48. The number of hydrogen-bond acceptors (Lipinski definition) is 2. The van der Waals surface area contributed by atoms with Crippen LogP contribution in [0.15, 0.2) is 0 Å². The molecule has 0 rings (SSSR count). The molecule has 0 bridgehead atoms. The molecule has 0 aromatic carbocycles. The zero-order valence-corrected chi connectivity index (χ0v) is 7.95. The minimum atomic E-state index is 0.142. The summed E-state index contributed by atoms with van der Waals surface area (Å²) >= 11 is 3.95. The summed E-state index contributed by atoms with van der Waals surface area (Å²) in [5, 5.41) is 0.142. The Hall–Kier alpha value is 0.409. The third-order valence-electron chi connectivity index (χ3n) is 0.838. The average Bonchev–Trinajstić information content (AvgIpc) is 1.89. The normalized spacial score (nSPS) is 9.00. The second-order valence-corrected chi connectivity index (χ2v) is 3.23. The van der Waals surface area contributed by atoms with Crippen molar-refractivity contribution >= 4 is 37.4 Å². The molecular formula is C6H10OSSe. The third kappa shape index (κ3) is 6.29. The van der Waals surface area contributed by atoms with E-state index in [1.165, 1.54) is 16.7 Å². The fourth-order valence-electron chi connectivity index (χ4n) is 0.351. The van der Waals surface area contributed by atoms with Crippen molar-refractivity contribution in [1.29, 1.82) is 0 Å². The van der Waals surface area contributed by atoms with E-state index in [-0.39, 0.29) is 5.12 Å². The summed E-state index contributed by atoms with van der Waals surface area (Å²) in [5.74, 6) is 0.952. The molecule has 0 aliphatic rings. The van der Waals surface area contributed by atoms with Gasteiger partial charge in [0, 0.05) is 0 Å². The number of hydrogen-bond donors (Lipinski definition) is 0. The third-order valence-corrected chi connectivity index (χ3v) is 2.52. The molecule has 3 heteroatoms. The summed E-state index contributed by atoms with van der Waals surface area (Å²) in [4.78, 5) is 12.0. The predicted molar refractivity (Wildman–Crippen MR) is 44.2 cm³/mol. The Balaban J connectivity index is 3.07. The second kappa shape index (κ2) is 6.53. The Morgan fingerprint density at radius 2 is 2.44 bits per heavy atom. The second-order valence-electron chi connectivity index (χ2n) is 1.64. The Morgan fingerprint density at radius 3 is 2.89 bits per heavy atom. The average molecular weight is 209 g/mol. The van der Waals surface area contributed by atoms with E-state index in [9.17, 15) is 4.79 Å². The quantitative estimate of drug-likeness (QED) is 0.508. The van der Waals surface area contributed by atoms with Gasteiger partial charge in [0.1, 0.15) is 0 Å². The van der Waals surface area contributed by atoms with Gasteiger partial charge in [0.25, 0.3) is 0 Å². The van der Waals surface area contributed by atoms with Gasteiger partial charge < -0.3 is 0 Å². The molecule has 0 amide bonds. The molecule has 0 spiro atoms. The van der Waals surface area contributed by atoms with Gasteiger partial charge in [-0.05, 0) is 0 Å². The first kappa shape index (κ1) is 9.41. The molecule has 9 heavy (non-hydrogen) atoms. The van der Waals surface area contributed by atoms with Gasteiger partial charge in [-0.3, -0.25) is 0 Å². The van der Waals surface area contributed by atoms with Crippen LogP contribution in [0.1, 0.15) is 19.8 Å². The molecule has 0 fully saturated rings. The molecule has 0 aromatic heterocycles. The van der Waals surface area contributed by atoms with E-state index < -0.39 is 0 Å². The van der Waals surface area contributed by atoms with Crippen LogP contribution in [0.25, 0.3) is 0 Å². The Bertz CT molecular complexity index is 103. The van der Waals surface area contributed by atoms with Crippen LogP contribution < -0.4 is 0 Å². The number of unbranched alkanes of at least 4 members (excludes halogenated alkanes) is 1. The van der Waals surface area contributed by atoms with Crippen LogP contribution in [0.2, 0.25) is 0 Å². The van der Waals surface area contributed by atoms with Crippen molar-refractivity contribution in [3.05, 3.63) is 0 Å². The summed E-state index contributed by atoms with van der Waals surface area (Å²) in [6, 6.07) is 0. The van der Waals surface area contributed by atoms with Gasteiger partial charge in [-0.1, -0.05) is 0 Å². The molecule has 0 atom stereocenters. The molecule has 0 unspecified atom stereocenters. The van der Waals surface area contributed by atoms with Gasteiger partial charge >= 0.3 is 67.7 Å². The Kier molecular flexibility index (Phi) is 6.83. The van der Waals surface area contributed by atoms with E-state index in [0.29, 0.717) is 0 Å². The van der Waals surface area contributed by atoms with Crippen LogP contribution in [-0.2, 0) is 4.79 Å². The summed E-state index contributed by atoms with van der Waals surface area (Å²) in [6.45, 7) is 2.12. The molecule has 0 saturated heterocycles. The van der Waals surface area contributed by atoms with Gasteiger partial charge in [0.15, 0.2) is 0 Å². The van der Waals surface area contributed by atoms with Crippen LogP contribution >= 0.6 is 11.8 Å². The standard InChI is InChI=1S/C6H10OSSe/c1-2-3-4-8-6(7)5-9/h5H,2-4H2,1H3. The zero-order valence-electron chi connectivity index (χ0n) is 5.42. The monoisotopic (exact) mass is 210 g/mol. The van der Waals surface area contributed by atoms with Crippen LogP contribution in [0.3, 0.4) is 0 Å². The number of rotatable bonds is 4. The summed E-state index contributed by atoms with van der Waals surface area (Å²) in [7, 11) is 0. The summed E-state index contributed by atoms with van der Waals surface area (Å²) in [5.41, 5.74) is 0. The van der Waals surface area contributed by atoms with Crippen molar-refractivity contribution in [2.24, 2.45) is 0 Å². The van der Waals surface area contributed by atoms with Crippen molar-refractivity contribution in [2.45, 2.75) is 19.8 Å². The molecule has 0 saturated carbocycles. The summed E-state index contributed by atoms with van der Waals surface area (Å²) < 4.78 is 0. The van der Waals surface area contributed by atoms with E-state index in [4.69, 9.17) is 0 Å². The van der Waals surface area contributed by atoms with Gasteiger partial charge in [-0.15, -0.1) is 0 Å². The van der Waals surface area contributed by atoms with Crippen molar-refractivity contribution < 1.29 is 4.79 Å². The molecule has 0 radical (unpaired) electrons. The van der Waals surface area contributed by atoms with E-state index in [2.05, 4.69) is 22.5 Å². The van der Waals surface area contributed by atoms with Crippen molar-refractivity contribution in [2.75, 3.05) is 5.75 Å². The first-order valence-electron chi connectivity index (χ1n) is 2.93. The zero-order chi connectivity index (χ0) is 7.11. The van der Waals surface area contributed by atoms with E-state index >= 15 is 0 Å². The van der Waals surface area contributed by atoms with Crippen molar-refractivity contribution in [3.8, 4) is 0 Å². The first-order chi connectivity index (χ1) is 4.31. The Labute approximate surface area is 67.9 Å². The van der Waals surface area contributed by atoms with Crippen molar-refractivity contribution in [3.63, 3.8) is 0 Å². The van der Waals surface area contributed by atoms with E-state index in [1.807, 2.05) is 0 Å². The van der Waals surface area contributed by atoms with Gasteiger partial charge in [0.05, 0.1) is 0 Å². The van der Waals surface area contributed by atoms with Crippen LogP contribution in [0.4, 0.5) is 0 Å². The topological polar surface area (TPSA) is 17.1 Å². The van der Waals surface area contributed by atoms with Crippen molar-refractivity contribution in [1.82, 2.24) is 0 Å². The van der Waals surface area contributed by atoms with Gasteiger partial charge in [0.2, 0.25) is 0 Å². The first-order valence-corrected chi connectivity index (χ1v) is 4.90. The Morgan fingerprint density at radius 1 is 1.78 bits per heavy atom. The molecule has 0 aliphatic carbocycles. The molecular weight excluding hydrogens is 199 g/mol. The van der Waals surface area contributed by atoms with E-state index in [1.54, 1.807) is 0 Å². The number of carbonyl (C=O) groups excluding carboxylic acids is 1. The maximum absolute atomic E-state index is 10.6. The molecule has 0 heterocycles.